The molecule has 0 amide bonds. The Kier molecular flexibility index (Phi) is 41.5. The molecule has 5 aromatic carbocycles. The number of nitro benzene ring substituents is 3. The second-order valence-electron chi connectivity index (χ2n) is 14.6. The van der Waals surface area contributed by atoms with Gasteiger partial charge < -0.3 is 32.0 Å². The third-order valence-corrected chi connectivity index (χ3v) is 14.6. The van der Waals surface area contributed by atoms with E-state index in [0.717, 1.165) is 68.8 Å². The molecule has 0 fully saturated rings. The zero-order chi connectivity index (χ0) is 53.4. The smallest absolute Gasteiger partial charge is 1.00 e. The molecule has 0 saturated heterocycles. The minimum atomic E-state index is -4.12. The molecule has 28 heteroatoms. The first kappa shape index (κ1) is 73.3. The zero-order valence-electron chi connectivity index (χ0n) is 43.0. The molecule has 0 atom stereocenters. The van der Waals surface area contributed by atoms with Gasteiger partial charge in [0.2, 0.25) is 20.0 Å². The number of carbonyl (C=O) groups excluding carboxylic acids is 1. The molecule has 73 heavy (non-hydrogen) atoms. The summed E-state index contributed by atoms with van der Waals surface area (Å²) in [6.45, 7) is 4.60. The Bertz CT molecular complexity index is 2510. The largest absolute Gasteiger partial charge is 1.00 e. The normalized spacial score (nSPS) is 10.6. The summed E-state index contributed by atoms with van der Waals surface area (Å²) in [6, 6.07) is 36.2. The van der Waals surface area contributed by atoms with Crippen molar-refractivity contribution in [2.75, 3.05) is 94.6 Å². The summed E-state index contributed by atoms with van der Waals surface area (Å²) >= 11 is 5.49. The van der Waals surface area contributed by atoms with Crippen molar-refractivity contribution < 1.29 is 186 Å². The predicted molar refractivity (Wildman–Crippen MR) is 274 cm³/mol. The van der Waals surface area contributed by atoms with E-state index in [9.17, 15) is 47.2 Å². The number of likely N-dealkylation sites (N-methyl/N-ethyl adjacent to an activating group) is 6. The summed E-state index contributed by atoms with van der Waals surface area (Å²) < 4.78 is 53.1. The van der Waals surface area contributed by atoms with Crippen molar-refractivity contribution in [3.63, 3.8) is 0 Å². The van der Waals surface area contributed by atoms with E-state index in [-0.39, 0.29) is 182 Å². The van der Waals surface area contributed by atoms with Crippen LogP contribution in [-0.2, 0) is 29.7 Å². The molecule has 5 aromatic rings. The van der Waals surface area contributed by atoms with E-state index >= 15 is 0 Å². The van der Waals surface area contributed by atoms with Crippen molar-refractivity contribution in [3.8, 4) is 0 Å². The maximum atomic E-state index is 12.8. The van der Waals surface area contributed by atoms with Gasteiger partial charge in [-0.2, -0.15) is 8.61 Å². The number of thiol groups is 1. The Labute approximate surface area is 556 Å². The Morgan fingerprint density at radius 2 is 0.890 bits per heavy atom. The molecule has 0 radical (unpaired) electrons. The van der Waals surface area contributed by atoms with Crippen LogP contribution in [0.15, 0.2) is 158 Å². The van der Waals surface area contributed by atoms with E-state index in [4.69, 9.17) is 10.1 Å². The first-order chi connectivity index (χ1) is 33.7. The number of rotatable bonds is 22. The number of hydrogen-bond donors (Lipinski definition) is 3. The van der Waals surface area contributed by atoms with Crippen LogP contribution in [-0.4, -0.2) is 151 Å². The fourth-order valence-electron chi connectivity index (χ4n) is 5.42. The fourth-order valence-corrected chi connectivity index (χ4v) is 9.16. The Hall–Kier alpha value is -1.81. The molecule has 5 rings (SSSR count). The van der Waals surface area contributed by atoms with Crippen molar-refractivity contribution in [1.29, 1.82) is 0 Å². The van der Waals surface area contributed by atoms with E-state index in [1.807, 2.05) is 74.8 Å². The Morgan fingerprint density at radius 3 is 1.23 bits per heavy atom. The number of nitrogens with zero attached hydrogens (tertiary/aromatic N) is 7. The van der Waals surface area contributed by atoms with Crippen LogP contribution < -0.4 is 154 Å². The SMILES string of the molecule is CN(CCN(C)S(=O)(=O)c1ccccc1[N+](=O)[O-])CCN(C)S(=O)(=O)c1ccccc1[N+](=O)[O-].CNCCN(C)CCNC.O=CO[O-].O=[N+]([O-])c1ccccc1Sc1ccccc1.Sc1ccccc1.[Cs+].[Cs+].[H-]. The number of para-hydroxylation sites is 3. The molecule has 390 valence electrons. The van der Waals surface area contributed by atoms with Crippen molar-refractivity contribution >= 4 is 68.0 Å². The molecule has 0 unspecified atom stereocenters. The van der Waals surface area contributed by atoms with Gasteiger partial charge in [0.25, 0.3) is 23.5 Å². The van der Waals surface area contributed by atoms with Crippen LogP contribution in [0.4, 0.5) is 17.1 Å². The van der Waals surface area contributed by atoms with Gasteiger partial charge in [-0.05, 0) is 70.7 Å². The number of nitrogens with one attached hydrogen (secondary N) is 2. The molecule has 2 N–H and O–H groups in total. The Morgan fingerprint density at radius 1 is 0.562 bits per heavy atom. The van der Waals surface area contributed by atoms with E-state index in [2.05, 4.69) is 40.1 Å². The van der Waals surface area contributed by atoms with Gasteiger partial charge in [-0.25, -0.2) is 16.8 Å². The standard InChI is InChI=1S/C19H25N5O8S2.C12H9NO2S.C7H19N3.C6H6S.CH2O3.2Cs.H/c1-20(12-14-21(2)33(29,30)18-10-6-4-8-16(18)23(25)26)13-15-22(3)34(31,32)19-11-7-5-9-17(19)24(27)28;14-13(15)11-8-4-5-9-12(11)16-10-6-2-1-3-7-10;1-8-4-6-10(3)7-5-9-2;7-6-4-2-1-3-5-6;2-1-4-3;;;/h4-11H,12-15H2,1-3H3;1-9H;8-9H,4-7H2,1-3H3;1-5,7H;1,3H;;;/q;;;;;2*+1;-1/p-1. The molecule has 22 nitrogen and oxygen atoms in total. The van der Waals surface area contributed by atoms with Gasteiger partial charge >= 0.3 is 138 Å². The molecular weight excluding hydrogens is 1270 g/mol. The summed E-state index contributed by atoms with van der Waals surface area (Å²) in [5, 5.41) is 47.8. The number of sulfonamides is 2. The maximum absolute atomic E-state index is 12.8. The first-order valence-electron chi connectivity index (χ1n) is 21.2. The zero-order valence-corrected chi connectivity index (χ0v) is 57.9. The summed E-state index contributed by atoms with van der Waals surface area (Å²) in [6.07, 6.45) is 0. The van der Waals surface area contributed by atoms with Gasteiger partial charge in [-0.3, -0.25) is 35.1 Å². The van der Waals surface area contributed by atoms with Gasteiger partial charge in [0.05, 0.1) is 19.7 Å². The van der Waals surface area contributed by atoms with Crippen LogP contribution in [0.2, 0.25) is 0 Å². The van der Waals surface area contributed by atoms with E-state index in [0.29, 0.717) is 4.90 Å². The van der Waals surface area contributed by atoms with Crippen molar-refractivity contribution in [2.24, 2.45) is 0 Å². The molecule has 0 bridgehead atoms. The summed E-state index contributed by atoms with van der Waals surface area (Å²) in [7, 11) is 2.09. The van der Waals surface area contributed by atoms with Crippen LogP contribution >= 0.6 is 24.4 Å². The third kappa shape index (κ3) is 28.9. The minimum Gasteiger partial charge on any atom is -1.00 e. The third-order valence-electron chi connectivity index (χ3n) is 9.41. The molecule has 0 aliphatic rings. The summed E-state index contributed by atoms with van der Waals surface area (Å²) in [4.78, 5) is 48.3. The molecule has 0 saturated carbocycles. The summed E-state index contributed by atoms with van der Waals surface area (Å²) in [5.41, 5.74) is -0.898. The topological polar surface area (TPSA) is 284 Å². The Balaban J connectivity index is -0.00000103. The minimum absolute atomic E-state index is 0. The predicted octanol–water partition coefficient (Wildman–Crippen LogP) is -0.990. The number of benzene rings is 5. The average molecular weight is 1330 g/mol. The second-order valence-corrected chi connectivity index (χ2v) is 20.2. The molecular formula is C45H61Cs2N9O13S4. The quantitative estimate of drug-likeness (QED) is 0.0247. The van der Waals surface area contributed by atoms with Crippen LogP contribution in [0, 0.1) is 30.3 Å². The van der Waals surface area contributed by atoms with Crippen LogP contribution in [0.3, 0.4) is 0 Å². The summed E-state index contributed by atoms with van der Waals surface area (Å²) in [5.74, 6) is 0. The van der Waals surface area contributed by atoms with Gasteiger partial charge in [0, 0.05) is 94.4 Å². The molecule has 0 aliphatic heterocycles. The van der Waals surface area contributed by atoms with Crippen LogP contribution in [0.1, 0.15) is 1.43 Å². The number of nitro groups is 3. The second kappa shape index (κ2) is 41.3. The van der Waals surface area contributed by atoms with Gasteiger partial charge in [-0.1, -0.05) is 84.6 Å². The fraction of sp³-hybridized carbons (Fsp3) is 0.311. The number of carbonyl (C=O) groups is 1. The van der Waals surface area contributed by atoms with E-state index in [1.165, 1.54) is 56.2 Å². The van der Waals surface area contributed by atoms with Crippen molar-refractivity contribution in [3.05, 3.63) is 164 Å². The molecule has 0 aromatic heterocycles. The number of hydrogen-bond acceptors (Lipinski definition) is 19. The van der Waals surface area contributed by atoms with Gasteiger partial charge in [0.15, 0.2) is 9.79 Å². The molecule has 0 aliphatic carbocycles. The maximum Gasteiger partial charge on any atom is 1.00 e. The first-order valence-corrected chi connectivity index (χ1v) is 25.3. The van der Waals surface area contributed by atoms with E-state index < -0.39 is 51.1 Å². The van der Waals surface area contributed by atoms with Crippen LogP contribution in [0.25, 0.3) is 0 Å². The van der Waals surface area contributed by atoms with E-state index in [1.54, 1.807) is 30.1 Å². The van der Waals surface area contributed by atoms with Gasteiger partial charge in [-0.15, -0.1) is 12.6 Å². The average Bonchev–Trinajstić information content (AvgIpc) is 3.37. The molecule has 0 spiro atoms. The van der Waals surface area contributed by atoms with Gasteiger partial charge in [0.1, 0.15) is 0 Å². The van der Waals surface area contributed by atoms with Crippen molar-refractivity contribution in [2.45, 2.75) is 24.5 Å². The molecule has 0 heterocycles. The van der Waals surface area contributed by atoms with Crippen LogP contribution in [0.5, 0.6) is 0 Å². The van der Waals surface area contributed by atoms with Crippen molar-refractivity contribution in [1.82, 2.24) is 29.0 Å². The monoisotopic (exact) mass is 1330 g/mol.